The first-order chi connectivity index (χ1) is 10.4. The van der Waals surface area contributed by atoms with Crippen LogP contribution in [0.15, 0.2) is 12.1 Å². The minimum Gasteiger partial charge on any atom is -0.481 e. The molecule has 0 spiro atoms. The van der Waals surface area contributed by atoms with Gasteiger partial charge in [-0.15, -0.1) is 0 Å². The lowest BCUT2D eigenvalue weighted by molar-refractivity contribution is -0.142. The molecule has 6 nitrogen and oxygen atoms in total. The normalized spacial score (nSPS) is 21.2. The number of carboxylic acid groups (broad SMARTS) is 1. The Morgan fingerprint density at radius 1 is 1.18 bits per heavy atom. The maximum atomic E-state index is 11.9. The summed E-state index contributed by atoms with van der Waals surface area (Å²) in [7, 11) is 0. The highest BCUT2D eigenvalue weighted by atomic mass is 16.4. The number of aromatic nitrogens is 1. The van der Waals surface area contributed by atoms with Crippen LogP contribution >= 0.6 is 0 Å². The van der Waals surface area contributed by atoms with Crippen LogP contribution in [0.1, 0.15) is 42.6 Å². The molecule has 2 amide bonds. The van der Waals surface area contributed by atoms with Crippen LogP contribution in [0, 0.1) is 19.8 Å². The number of carboxylic acids is 1. The van der Waals surface area contributed by atoms with Crippen LogP contribution < -0.4 is 10.6 Å². The number of nitrogens with zero attached hydrogens (tertiary/aromatic N) is 1. The molecule has 1 saturated carbocycles. The van der Waals surface area contributed by atoms with Gasteiger partial charge in [-0.25, -0.2) is 4.79 Å². The Morgan fingerprint density at radius 2 is 1.77 bits per heavy atom. The number of aryl methyl sites for hydroxylation is 2. The van der Waals surface area contributed by atoms with Gasteiger partial charge in [-0.05, 0) is 57.2 Å². The van der Waals surface area contributed by atoms with Crippen molar-refractivity contribution in [3.8, 4) is 0 Å². The molecule has 3 N–H and O–H groups in total. The number of nitrogens with one attached hydrogen (secondary N) is 2. The number of carbonyl (C=O) groups excluding carboxylic acids is 1. The van der Waals surface area contributed by atoms with Gasteiger partial charge < -0.3 is 15.7 Å². The number of aliphatic carboxylic acids is 1. The molecule has 0 radical (unpaired) electrons. The van der Waals surface area contributed by atoms with Gasteiger partial charge in [-0.1, -0.05) is 0 Å². The zero-order valence-electron chi connectivity index (χ0n) is 13.1. The van der Waals surface area contributed by atoms with Crippen LogP contribution in [0.4, 0.5) is 4.79 Å². The lowest BCUT2D eigenvalue weighted by atomic mass is 9.86. The van der Waals surface area contributed by atoms with Crippen molar-refractivity contribution in [2.45, 2.75) is 52.1 Å². The van der Waals surface area contributed by atoms with Crippen LogP contribution in [-0.4, -0.2) is 28.1 Å². The Kier molecular flexibility index (Phi) is 5.35. The zero-order valence-corrected chi connectivity index (χ0v) is 13.1. The van der Waals surface area contributed by atoms with Crippen molar-refractivity contribution in [3.05, 3.63) is 29.1 Å². The summed E-state index contributed by atoms with van der Waals surface area (Å²) < 4.78 is 0. The number of amides is 2. The SMILES string of the molecule is Cc1cc(CNC(=O)NC2CCC(C(=O)O)CC2)cc(C)n1. The highest BCUT2D eigenvalue weighted by molar-refractivity contribution is 5.74. The van der Waals surface area contributed by atoms with Gasteiger partial charge in [0.15, 0.2) is 0 Å². The molecular formula is C16H23N3O3. The predicted octanol–water partition coefficient (Wildman–Crippen LogP) is 2.14. The quantitative estimate of drug-likeness (QED) is 0.795. The number of hydrogen-bond donors (Lipinski definition) is 3. The number of hydrogen-bond acceptors (Lipinski definition) is 3. The predicted molar refractivity (Wildman–Crippen MR) is 82.5 cm³/mol. The highest BCUT2D eigenvalue weighted by Crippen LogP contribution is 2.24. The van der Waals surface area contributed by atoms with Crippen molar-refractivity contribution in [2.75, 3.05) is 0 Å². The highest BCUT2D eigenvalue weighted by Gasteiger charge is 2.26. The van der Waals surface area contributed by atoms with Crippen LogP contribution in [0.2, 0.25) is 0 Å². The first kappa shape index (κ1) is 16.3. The molecule has 1 aromatic rings. The molecule has 1 fully saturated rings. The van der Waals surface area contributed by atoms with E-state index in [9.17, 15) is 9.59 Å². The molecule has 1 heterocycles. The second-order valence-corrected chi connectivity index (χ2v) is 5.97. The van der Waals surface area contributed by atoms with Gasteiger partial charge in [0.2, 0.25) is 0 Å². The van der Waals surface area contributed by atoms with Gasteiger partial charge in [-0.3, -0.25) is 9.78 Å². The van der Waals surface area contributed by atoms with Gasteiger partial charge in [0.05, 0.1) is 5.92 Å². The first-order valence-electron chi connectivity index (χ1n) is 7.65. The number of rotatable bonds is 4. The van der Waals surface area contributed by atoms with Crippen molar-refractivity contribution < 1.29 is 14.7 Å². The van der Waals surface area contributed by atoms with Gasteiger partial charge in [-0.2, -0.15) is 0 Å². The van der Waals surface area contributed by atoms with E-state index in [0.717, 1.165) is 29.8 Å². The molecule has 6 heteroatoms. The third-order valence-corrected chi connectivity index (χ3v) is 4.01. The molecule has 0 aromatic carbocycles. The molecule has 0 saturated heterocycles. The van der Waals surface area contributed by atoms with Crippen molar-refractivity contribution in [3.63, 3.8) is 0 Å². The average Bonchev–Trinajstić information content (AvgIpc) is 2.45. The largest absolute Gasteiger partial charge is 0.481 e. The van der Waals surface area contributed by atoms with Crippen molar-refractivity contribution in [1.29, 1.82) is 0 Å². The summed E-state index contributed by atoms with van der Waals surface area (Å²) >= 11 is 0. The molecule has 0 bridgehead atoms. The number of carbonyl (C=O) groups is 2. The minimum absolute atomic E-state index is 0.0662. The summed E-state index contributed by atoms with van der Waals surface area (Å²) in [5.74, 6) is -0.991. The van der Waals surface area contributed by atoms with Gasteiger partial charge in [0.25, 0.3) is 0 Å². The summed E-state index contributed by atoms with van der Waals surface area (Å²) in [6.45, 7) is 4.31. The molecule has 1 aliphatic carbocycles. The van der Waals surface area contributed by atoms with Crippen LogP contribution in [-0.2, 0) is 11.3 Å². The van der Waals surface area contributed by atoms with E-state index in [0.29, 0.717) is 19.4 Å². The Balaban J connectivity index is 1.75. The Hall–Kier alpha value is -2.11. The van der Waals surface area contributed by atoms with Crippen LogP contribution in [0.25, 0.3) is 0 Å². The van der Waals surface area contributed by atoms with E-state index in [2.05, 4.69) is 15.6 Å². The second kappa shape index (κ2) is 7.24. The van der Waals surface area contributed by atoms with E-state index in [1.54, 1.807) is 0 Å². The van der Waals surface area contributed by atoms with E-state index in [1.165, 1.54) is 0 Å². The smallest absolute Gasteiger partial charge is 0.315 e. The Labute approximate surface area is 130 Å². The maximum absolute atomic E-state index is 11.9. The molecule has 1 aromatic heterocycles. The van der Waals surface area contributed by atoms with E-state index in [-0.39, 0.29) is 18.0 Å². The summed E-state index contributed by atoms with van der Waals surface area (Å²) in [5, 5.41) is 14.7. The lowest BCUT2D eigenvalue weighted by Crippen LogP contribution is -2.43. The number of pyridine rings is 1. The van der Waals surface area contributed by atoms with Crippen molar-refractivity contribution in [2.24, 2.45) is 5.92 Å². The fourth-order valence-electron chi connectivity index (χ4n) is 2.93. The third kappa shape index (κ3) is 4.72. The van der Waals surface area contributed by atoms with Gasteiger partial charge >= 0.3 is 12.0 Å². The van der Waals surface area contributed by atoms with Gasteiger partial charge in [0.1, 0.15) is 0 Å². The summed E-state index contributed by atoms with van der Waals surface area (Å²) in [6.07, 6.45) is 2.70. The molecule has 1 aliphatic rings. The van der Waals surface area contributed by atoms with Crippen molar-refractivity contribution >= 4 is 12.0 Å². The standard InChI is InChI=1S/C16H23N3O3/c1-10-7-12(8-11(2)18-10)9-17-16(22)19-14-5-3-13(4-6-14)15(20)21/h7-8,13-14H,3-6,9H2,1-2H3,(H,20,21)(H2,17,19,22). The average molecular weight is 305 g/mol. The van der Waals surface area contributed by atoms with E-state index in [1.807, 2.05) is 26.0 Å². The fourth-order valence-corrected chi connectivity index (χ4v) is 2.93. The van der Waals surface area contributed by atoms with Crippen molar-refractivity contribution in [1.82, 2.24) is 15.6 Å². The molecule has 0 atom stereocenters. The Morgan fingerprint density at radius 3 is 2.32 bits per heavy atom. The number of urea groups is 1. The van der Waals surface area contributed by atoms with E-state index < -0.39 is 5.97 Å². The zero-order chi connectivity index (χ0) is 16.1. The monoisotopic (exact) mass is 305 g/mol. The van der Waals surface area contributed by atoms with E-state index in [4.69, 9.17) is 5.11 Å². The summed E-state index contributed by atoms with van der Waals surface area (Å²) in [6, 6.07) is 3.76. The summed E-state index contributed by atoms with van der Waals surface area (Å²) in [4.78, 5) is 27.1. The maximum Gasteiger partial charge on any atom is 0.315 e. The third-order valence-electron chi connectivity index (χ3n) is 4.01. The second-order valence-electron chi connectivity index (χ2n) is 5.97. The Bertz CT molecular complexity index is 531. The molecule has 0 unspecified atom stereocenters. The molecule has 120 valence electrons. The lowest BCUT2D eigenvalue weighted by Gasteiger charge is -2.26. The summed E-state index contributed by atoms with van der Waals surface area (Å²) in [5.41, 5.74) is 2.89. The minimum atomic E-state index is -0.730. The van der Waals surface area contributed by atoms with Gasteiger partial charge in [0, 0.05) is 24.0 Å². The van der Waals surface area contributed by atoms with Crippen LogP contribution in [0.3, 0.4) is 0 Å². The molecule has 22 heavy (non-hydrogen) atoms. The molecular weight excluding hydrogens is 282 g/mol. The van der Waals surface area contributed by atoms with E-state index >= 15 is 0 Å². The fraction of sp³-hybridized carbons (Fsp3) is 0.562. The molecule has 0 aliphatic heterocycles. The van der Waals surface area contributed by atoms with Crippen LogP contribution in [0.5, 0.6) is 0 Å². The first-order valence-corrected chi connectivity index (χ1v) is 7.65. The topological polar surface area (TPSA) is 91.3 Å². The molecule has 2 rings (SSSR count).